The molecule has 0 atom stereocenters. The summed E-state index contributed by atoms with van der Waals surface area (Å²) in [5, 5.41) is 8.57. The lowest BCUT2D eigenvalue weighted by atomic mass is 10.0. The van der Waals surface area contributed by atoms with Crippen LogP contribution in [0.2, 0.25) is 0 Å². The molecular weight excluding hydrogens is 265 g/mol. The van der Waals surface area contributed by atoms with E-state index in [-0.39, 0.29) is 43.1 Å². The Labute approximate surface area is 106 Å². The molecule has 0 saturated carbocycles. The average Bonchev–Trinajstić information content (AvgIpc) is 2.34. The molecule has 0 radical (unpaired) electrons. The Hall–Kier alpha value is -1.92. The highest BCUT2D eigenvalue weighted by atomic mass is 19.4. The summed E-state index contributed by atoms with van der Waals surface area (Å²) < 4.78 is 49.0. The Bertz CT molecular complexity index is 496. The van der Waals surface area contributed by atoms with Crippen LogP contribution < -0.4 is 9.47 Å². The van der Waals surface area contributed by atoms with Crippen LogP contribution in [-0.2, 0) is 17.4 Å². The van der Waals surface area contributed by atoms with Crippen molar-refractivity contribution in [1.29, 1.82) is 0 Å². The summed E-state index contributed by atoms with van der Waals surface area (Å²) in [5.74, 6) is -0.889. The number of alkyl halides is 3. The van der Waals surface area contributed by atoms with E-state index in [4.69, 9.17) is 14.6 Å². The van der Waals surface area contributed by atoms with E-state index in [2.05, 4.69) is 0 Å². The molecule has 0 fully saturated rings. The fraction of sp³-hybridized carbons (Fsp3) is 0.417. The van der Waals surface area contributed by atoms with Gasteiger partial charge in [0, 0.05) is 6.42 Å². The molecular formula is C12H11F3O4. The summed E-state index contributed by atoms with van der Waals surface area (Å²) in [6.07, 6.45) is -5.13. The van der Waals surface area contributed by atoms with E-state index in [0.29, 0.717) is 0 Å². The van der Waals surface area contributed by atoms with Gasteiger partial charge < -0.3 is 14.6 Å². The second-order valence-corrected chi connectivity index (χ2v) is 4.04. The first kappa shape index (κ1) is 13.5. The second-order valence-electron chi connectivity index (χ2n) is 4.04. The van der Waals surface area contributed by atoms with Crippen molar-refractivity contribution in [2.45, 2.75) is 19.0 Å². The number of halogens is 3. The predicted octanol–water partition coefficient (Wildman–Crippen LogP) is 2.49. The molecule has 0 bridgehead atoms. The van der Waals surface area contributed by atoms with Crippen molar-refractivity contribution in [2.75, 3.05) is 13.2 Å². The second kappa shape index (κ2) is 4.99. The standard InChI is InChI=1S/C12H11F3O4/c13-12(14,15)8-6-10-9(18-3-4-19-10)5-7(8)1-2-11(16)17/h5-6H,1-4H2,(H,16,17). The zero-order valence-corrected chi connectivity index (χ0v) is 9.79. The molecule has 1 aromatic carbocycles. The van der Waals surface area contributed by atoms with Crippen molar-refractivity contribution in [3.8, 4) is 11.5 Å². The minimum atomic E-state index is -4.55. The van der Waals surface area contributed by atoms with Crippen molar-refractivity contribution in [2.24, 2.45) is 0 Å². The summed E-state index contributed by atoms with van der Waals surface area (Å²) in [4.78, 5) is 10.5. The number of fused-ring (bicyclic) bond motifs is 1. The maximum absolute atomic E-state index is 12.9. The zero-order valence-electron chi connectivity index (χ0n) is 9.79. The highest BCUT2D eigenvalue weighted by molar-refractivity contribution is 5.67. The van der Waals surface area contributed by atoms with Gasteiger partial charge in [0.2, 0.25) is 0 Å². The summed E-state index contributed by atoms with van der Waals surface area (Å²) in [7, 11) is 0. The van der Waals surface area contributed by atoms with Gasteiger partial charge in [0.1, 0.15) is 13.2 Å². The molecule has 0 aliphatic carbocycles. The topological polar surface area (TPSA) is 55.8 Å². The lowest BCUT2D eigenvalue weighted by Crippen LogP contribution is -2.18. The quantitative estimate of drug-likeness (QED) is 0.921. The minimum Gasteiger partial charge on any atom is -0.486 e. The monoisotopic (exact) mass is 276 g/mol. The highest BCUT2D eigenvalue weighted by Crippen LogP contribution is 2.40. The first-order valence-electron chi connectivity index (χ1n) is 5.59. The lowest BCUT2D eigenvalue weighted by molar-refractivity contribution is -0.140. The van der Waals surface area contributed by atoms with Crippen LogP contribution in [0.4, 0.5) is 13.2 Å². The normalized spacial score (nSPS) is 14.3. The SMILES string of the molecule is O=C(O)CCc1cc2c(cc1C(F)(F)F)OCCO2. The number of hydrogen-bond donors (Lipinski definition) is 1. The molecule has 1 aliphatic heterocycles. The Morgan fingerprint density at radius 3 is 2.32 bits per heavy atom. The number of aryl methyl sites for hydroxylation is 1. The minimum absolute atomic E-state index is 0.0395. The van der Waals surface area contributed by atoms with Crippen LogP contribution in [0, 0.1) is 0 Å². The smallest absolute Gasteiger partial charge is 0.416 e. The van der Waals surface area contributed by atoms with Gasteiger partial charge in [0.25, 0.3) is 0 Å². The number of aliphatic carboxylic acids is 1. The molecule has 1 heterocycles. The van der Waals surface area contributed by atoms with E-state index in [1.165, 1.54) is 6.07 Å². The third-order valence-corrected chi connectivity index (χ3v) is 2.68. The van der Waals surface area contributed by atoms with Gasteiger partial charge in [0.15, 0.2) is 11.5 Å². The van der Waals surface area contributed by atoms with Crippen molar-refractivity contribution in [3.05, 3.63) is 23.3 Å². The molecule has 0 unspecified atom stereocenters. The van der Waals surface area contributed by atoms with Crippen LogP contribution in [0.1, 0.15) is 17.5 Å². The predicted molar refractivity (Wildman–Crippen MR) is 58.4 cm³/mol. The van der Waals surface area contributed by atoms with Gasteiger partial charge in [-0.3, -0.25) is 4.79 Å². The van der Waals surface area contributed by atoms with Gasteiger partial charge in [-0.2, -0.15) is 13.2 Å². The van der Waals surface area contributed by atoms with E-state index < -0.39 is 17.7 Å². The number of benzene rings is 1. The van der Waals surface area contributed by atoms with Crippen molar-refractivity contribution in [1.82, 2.24) is 0 Å². The zero-order chi connectivity index (χ0) is 14.0. The first-order valence-corrected chi connectivity index (χ1v) is 5.59. The van der Waals surface area contributed by atoms with Gasteiger partial charge in [-0.1, -0.05) is 0 Å². The van der Waals surface area contributed by atoms with E-state index in [1.54, 1.807) is 0 Å². The summed E-state index contributed by atoms with van der Waals surface area (Å²) >= 11 is 0. The molecule has 0 amide bonds. The summed E-state index contributed by atoms with van der Waals surface area (Å²) in [5.41, 5.74) is -0.975. The molecule has 1 N–H and O–H groups in total. The number of rotatable bonds is 3. The maximum Gasteiger partial charge on any atom is 0.416 e. The van der Waals surface area contributed by atoms with E-state index in [9.17, 15) is 18.0 Å². The molecule has 1 aliphatic rings. The van der Waals surface area contributed by atoms with Crippen molar-refractivity contribution >= 4 is 5.97 Å². The fourth-order valence-electron chi connectivity index (χ4n) is 1.84. The Morgan fingerprint density at radius 2 is 1.79 bits per heavy atom. The molecule has 1 aromatic rings. The molecule has 104 valence electrons. The van der Waals surface area contributed by atoms with Crippen LogP contribution in [0.3, 0.4) is 0 Å². The van der Waals surface area contributed by atoms with Crippen LogP contribution >= 0.6 is 0 Å². The molecule has 19 heavy (non-hydrogen) atoms. The van der Waals surface area contributed by atoms with Gasteiger partial charge in [-0.15, -0.1) is 0 Å². The molecule has 0 aromatic heterocycles. The number of carboxylic acids is 1. The maximum atomic E-state index is 12.9. The number of carbonyl (C=O) groups is 1. The Balaban J connectivity index is 2.40. The average molecular weight is 276 g/mol. The van der Waals surface area contributed by atoms with Gasteiger partial charge >= 0.3 is 12.1 Å². The lowest BCUT2D eigenvalue weighted by Gasteiger charge is -2.22. The molecule has 0 spiro atoms. The van der Waals surface area contributed by atoms with Gasteiger partial charge in [-0.05, 0) is 24.1 Å². The number of hydrogen-bond acceptors (Lipinski definition) is 3. The van der Waals surface area contributed by atoms with E-state index in [1.807, 2.05) is 0 Å². The largest absolute Gasteiger partial charge is 0.486 e. The van der Waals surface area contributed by atoms with Crippen LogP contribution in [0.15, 0.2) is 12.1 Å². The molecule has 0 saturated heterocycles. The van der Waals surface area contributed by atoms with Crippen molar-refractivity contribution in [3.63, 3.8) is 0 Å². The van der Waals surface area contributed by atoms with Gasteiger partial charge in [-0.25, -0.2) is 0 Å². The summed E-state index contributed by atoms with van der Waals surface area (Å²) in [6, 6.07) is 2.08. The van der Waals surface area contributed by atoms with E-state index in [0.717, 1.165) is 6.07 Å². The summed E-state index contributed by atoms with van der Waals surface area (Å²) in [6.45, 7) is 0.454. The molecule has 7 heteroatoms. The van der Waals surface area contributed by atoms with Crippen LogP contribution in [-0.4, -0.2) is 24.3 Å². The third-order valence-electron chi connectivity index (χ3n) is 2.68. The van der Waals surface area contributed by atoms with Gasteiger partial charge in [0.05, 0.1) is 5.56 Å². The van der Waals surface area contributed by atoms with Crippen LogP contribution in [0.5, 0.6) is 11.5 Å². The number of carboxylic acid groups (broad SMARTS) is 1. The fourth-order valence-corrected chi connectivity index (χ4v) is 1.84. The highest BCUT2D eigenvalue weighted by Gasteiger charge is 2.35. The number of ether oxygens (including phenoxy) is 2. The van der Waals surface area contributed by atoms with E-state index >= 15 is 0 Å². The Morgan fingerprint density at radius 1 is 1.21 bits per heavy atom. The van der Waals surface area contributed by atoms with Crippen molar-refractivity contribution < 1.29 is 32.5 Å². The third kappa shape index (κ3) is 3.10. The molecule has 2 rings (SSSR count). The van der Waals surface area contributed by atoms with Crippen LogP contribution in [0.25, 0.3) is 0 Å². The Kier molecular flexibility index (Phi) is 3.55. The first-order chi connectivity index (χ1) is 8.88. The molecule has 4 nitrogen and oxygen atoms in total.